The second kappa shape index (κ2) is 9.40. The number of hydrogen-bond donors (Lipinski definition) is 2. The fraction of sp³-hybridized carbons (Fsp3) is 0.393. The number of rotatable bonds is 6. The van der Waals surface area contributed by atoms with E-state index in [1.54, 1.807) is 11.1 Å². The summed E-state index contributed by atoms with van der Waals surface area (Å²) < 4.78 is 21.4. The van der Waals surface area contributed by atoms with E-state index < -0.39 is 5.67 Å². The maximum Gasteiger partial charge on any atom is 0.270 e. The maximum atomic E-state index is 14.0. The topological polar surface area (TPSA) is 117 Å². The minimum atomic E-state index is -1.30. The first kappa shape index (κ1) is 24.7. The standard InChI is InChI=1S/C28H30FN9O2/c1-28(29)15-38(16-28)25(39)22-9-18-7-8-37(12-23(18)36(22)2)27-34-24(20-13-40-14-20)33-26(35-27)32-21-5-3-17(4-6-21)19-10-30-31-11-19/h3-6,9-11,20H,7-8,12-16H2,1-2H3,(H,30,31)(H,32,33,34,35). The van der Waals surface area contributed by atoms with Crippen molar-refractivity contribution in [2.24, 2.45) is 7.05 Å². The third kappa shape index (κ3) is 4.47. The first-order valence-corrected chi connectivity index (χ1v) is 13.4. The van der Waals surface area contributed by atoms with Gasteiger partial charge in [0.15, 0.2) is 0 Å². The van der Waals surface area contributed by atoms with Crippen LogP contribution < -0.4 is 10.2 Å². The molecule has 0 unspecified atom stereocenters. The summed E-state index contributed by atoms with van der Waals surface area (Å²) in [4.78, 5) is 31.1. The van der Waals surface area contributed by atoms with E-state index in [4.69, 9.17) is 19.7 Å². The van der Waals surface area contributed by atoms with Gasteiger partial charge in [-0.05, 0) is 42.7 Å². The van der Waals surface area contributed by atoms with E-state index in [1.165, 1.54) is 6.92 Å². The van der Waals surface area contributed by atoms with Crippen LogP contribution in [0.4, 0.5) is 22.0 Å². The number of nitrogens with zero attached hydrogens (tertiary/aromatic N) is 7. The van der Waals surface area contributed by atoms with Crippen LogP contribution in [0, 0.1) is 0 Å². The van der Waals surface area contributed by atoms with Gasteiger partial charge in [-0.15, -0.1) is 0 Å². The van der Waals surface area contributed by atoms with Crippen LogP contribution >= 0.6 is 0 Å². The molecular formula is C28H30FN9O2. The first-order valence-electron chi connectivity index (χ1n) is 13.4. The summed E-state index contributed by atoms with van der Waals surface area (Å²) in [5.41, 5.74) is 4.39. The number of anilines is 3. The van der Waals surface area contributed by atoms with Gasteiger partial charge < -0.3 is 24.4 Å². The van der Waals surface area contributed by atoms with Gasteiger partial charge in [0.25, 0.3) is 5.91 Å². The third-order valence-corrected chi connectivity index (χ3v) is 7.89. The molecule has 0 saturated carbocycles. The number of ether oxygens (including phenoxy) is 1. The lowest BCUT2D eigenvalue weighted by molar-refractivity contribution is -0.00847. The van der Waals surface area contributed by atoms with Crippen molar-refractivity contribution in [3.8, 4) is 11.1 Å². The number of aromatic nitrogens is 6. The Balaban J connectivity index is 1.13. The van der Waals surface area contributed by atoms with E-state index in [-0.39, 0.29) is 24.9 Å². The van der Waals surface area contributed by atoms with E-state index in [2.05, 4.69) is 20.4 Å². The smallest absolute Gasteiger partial charge is 0.270 e. The highest BCUT2D eigenvalue weighted by molar-refractivity contribution is 5.94. The molecule has 0 radical (unpaired) electrons. The molecule has 206 valence electrons. The molecule has 1 amide bonds. The molecule has 2 fully saturated rings. The number of benzene rings is 1. The molecule has 40 heavy (non-hydrogen) atoms. The number of amides is 1. The monoisotopic (exact) mass is 543 g/mol. The molecule has 0 spiro atoms. The van der Waals surface area contributed by atoms with Crippen molar-refractivity contribution in [3.63, 3.8) is 0 Å². The molecule has 0 bridgehead atoms. The first-order chi connectivity index (χ1) is 19.3. The van der Waals surface area contributed by atoms with Gasteiger partial charge in [0.2, 0.25) is 11.9 Å². The molecule has 3 aliphatic heterocycles. The summed E-state index contributed by atoms with van der Waals surface area (Å²) in [5.74, 6) is 1.77. The molecular weight excluding hydrogens is 513 g/mol. The number of carbonyl (C=O) groups is 1. The summed E-state index contributed by atoms with van der Waals surface area (Å²) in [6.07, 6.45) is 4.39. The number of H-pyrrole nitrogens is 1. The van der Waals surface area contributed by atoms with E-state index in [9.17, 15) is 9.18 Å². The van der Waals surface area contributed by atoms with Crippen LogP contribution in [0.2, 0.25) is 0 Å². The summed E-state index contributed by atoms with van der Waals surface area (Å²) >= 11 is 0. The van der Waals surface area contributed by atoms with Crippen LogP contribution in [0.3, 0.4) is 0 Å². The Morgan fingerprint density at radius 2 is 1.95 bits per heavy atom. The van der Waals surface area contributed by atoms with Crippen LogP contribution in [0.1, 0.15) is 40.4 Å². The SMILES string of the molecule is Cn1c(C(=O)N2CC(C)(F)C2)cc2c1CN(c1nc(Nc3ccc(-c4cn[nH]c4)cc3)nc(C3COC3)n1)CC2. The molecule has 2 N–H and O–H groups in total. The second-order valence-corrected chi connectivity index (χ2v) is 11.0. The van der Waals surface area contributed by atoms with Gasteiger partial charge in [-0.2, -0.15) is 20.1 Å². The van der Waals surface area contributed by atoms with Crippen LogP contribution in [-0.2, 0) is 24.8 Å². The van der Waals surface area contributed by atoms with E-state index in [0.29, 0.717) is 49.7 Å². The fourth-order valence-electron chi connectivity index (χ4n) is 5.51. The lowest BCUT2D eigenvalue weighted by Gasteiger charge is -2.42. The highest BCUT2D eigenvalue weighted by Crippen LogP contribution is 2.31. The lowest BCUT2D eigenvalue weighted by Crippen LogP contribution is -2.59. The minimum absolute atomic E-state index is 0.128. The Hall–Kier alpha value is -4.32. The summed E-state index contributed by atoms with van der Waals surface area (Å²) in [6.45, 7) is 4.24. The molecule has 7 rings (SSSR count). The molecule has 3 aliphatic rings. The normalized spacial score (nSPS) is 18.2. The lowest BCUT2D eigenvalue weighted by atomic mass is 9.98. The quantitative estimate of drug-likeness (QED) is 0.381. The molecule has 3 aromatic heterocycles. The molecule has 1 aromatic carbocycles. The zero-order chi connectivity index (χ0) is 27.4. The zero-order valence-electron chi connectivity index (χ0n) is 22.4. The highest BCUT2D eigenvalue weighted by Gasteiger charge is 2.42. The Morgan fingerprint density at radius 1 is 1.15 bits per heavy atom. The van der Waals surface area contributed by atoms with Crippen LogP contribution in [0.25, 0.3) is 11.1 Å². The van der Waals surface area contributed by atoms with Crippen LogP contribution in [-0.4, -0.2) is 79.0 Å². The van der Waals surface area contributed by atoms with Crippen molar-refractivity contribution in [1.82, 2.24) is 34.6 Å². The average molecular weight is 544 g/mol. The number of aromatic amines is 1. The van der Waals surface area contributed by atoms with E-state index in [1.807, 2.05) is 48.1 Å². The molecule has 2 saturated heterocycles. The number of likely N-dealkylation sites (tertiary alicyclic amines) is 1. The maximum absolute atomic E-state index is 14.0. The van der Waals surface area contributed by atoms with E-state index >= 15 is 0 Å². The van der Waals surface area contributed by atoms with Crippen molar-refractivity contribution < 1.29 is 13.9 Å². The number of fused-ring (bicyclic) bond motifs is 1. The van der Waals surface area contributed by atoms with Crippen molar-refractivity contribution in [1.29, 1.82) is 0 Å². The van der Waals surface area contributed by atoms with Crippen molar-refractivity contribution >= 4 is 23.5 Å². The fourth-order valence-corrected chi connectivity index (χ4v) is 5.51. The zero-order valence-corrected chi connectivity index (χ0v) is 22.4. The second-order valence-electron chi connectivity index (χ2n) is 11.0. The van der Waals surface area contributed by atoms with Gasteiger partial charge in [-0.1, -0.05) is 12.1 Å². The van der Waals surface area contributed by atoms with Gasteiger partial charge in [0, 0.05) is 36.7 Å². The Kier molecular flexibility index (Phi) is 5.81. The summed E-state index contributed by atoms with van der Waals surface area (Å²) in [7, 11) is 1.90. The number of alkyl halides is 1. The Labute approximate surface area is 230 Å². The molecule has 0 aliphatic carbocycles. The molecule has 11 nitrogen and oxygen atoms in total. The van der Waals surface area contributed by atoms with Gasteiger partial charge in [0.1, 0.15) is 17.2 Å². The minimum Gasteiger partial charge on any atom is -0.380 e. The molecule has 0 atom stereocenters. The number of carbonyl (C=O) groups excluding carboxylic acids is 1. The number of nitrogens with one attached hydrogen (secondary N) is 2. The van der Waals surface area contributed by atoms with Crippen molar-refractivity contribution in [3.05, 3.63) is 65.5 Å². The van der Waals surface area contributed by atoms with Crippen LogP contribution in [0.15, 0.2) is 42.7 Å². The third-order valence-electron chi connectivity index (χ3n) is 7.89. The average Bonchev–Trinajstić information content (AvgIpc) is 3.55. The molecule has 12 heteroatoms. The Morgan fingerprint density at radius 3 is 2.62 bits per heavy atom. The Bertz CT molecular complexity index is 1550. The van der Waals surface area contributed by atoms with Gasteiger partial charge >= 0.3 is 0 Å². The van der Waals surface area contributed by atoms with Crippen LogP contribution in [0.5, 0.6) is 0 Å². The predicted octanol–water partition coefficient (Wildman–Crippen LogP) is 3.20. The highest BCUT2D eigenvalue weighted by atomic mass is 19.1. The van der Waals surface area contributed by atoms with E-state index in [0.717, 1.165) is 34.5 Å². The molecule has 6 heterocycles. The van der Waals surface area contributed by atoms with Crippen molar-refractivity contribution in [2.45, 2.75) is 31.5 Å². The van der Waals surface area contributed by atoms with Crippen molar-refractivity contribution in [2.75, 3.05) is 43.1 Å². The van der Waals surface area contributed by atoms with Gasteiger partial charge in [-0.25, -0.2) is 4.39 Å². The summed E-state index contributed by atoms with van der Waals surface area (Å²) in [5, 5.41) is 10.2. The number of hydrogen-bond acceptors (Lipinski definition) is 8. The van der Waals surface area contributed by atoms with Gasteiger partial charge in [-0.3, -0.25) is 9.89 Å². The predicted molar refractivity (Wildman–Crippen MR) is 146 cm³/mol. The number of halogens is 1. The van der Waals surface area contributed by atoms with Gasteiger partial charge in [0.05, 0.1) is 45.0 Å². The molecule has 4 aromatic rings. The summed E-state index contributed by atoms with van der Waals surface area (Å²) in [6, 6.07) is 9.96. The largest absolute Gasteiger partial charge is 0.380 e.